The summed E-state index contributed by atoms with van der Waals surface area (Å²) in [5.41, 5.74) is 9.40. The summed E-state index contributed by atoms with van der Waals surface area (Å²) < 4.78 is 0. The maximum absolute atomic E-state index is 3.75. The summed E-state index contributed by atoms with van der Waals surface area (Å²) in [5, 5.41) is 7.48. The van der Waals surface area contributed by atoms with Crippen molar-refractivity contribution in [3.8, 4) is 0 Å². The van der Waals surface area contributed by atoms with E-state index in [1.54, 1.807) is 0 Å². The van der Waals surface area contributed by atoms with Crippen LogP contribution in [0.2, 0.25) is 0 Å². The van der Waals surface area contributed by atoms with Gasteiger partial charge in [0, 0.05) is 17.3 Å². The molecule has 0 saturated carbocycles. The van der Waals surface area contributed by atoms with Gasteiger partial charge in [-0.2, -0.15) is 0 Å². The Morgan fingerprint density at radius 2 is 1.58 bits per heavy atom. The zero-order valence-electron chi connectivity index (χ0n) is 15.8. The zero-order chi connectivity index (χ0) is 17.4. The number of hydrogen-bond donors (Lipinski definition) is 2. The monoisotopic (exact) mass is 322 g/mol. The highest BCUT2D eigenvalue weighted by atomic mass is 15.1. The van der Waals surface area contributed by atoms with Gasteiger partial charge in [-0.1, -0.05) is 26.0 Å². The van der Waals surface area contributed by atoms with Crippen LogP contribution in [-0.4, -0.2) is 6.17 Å². The molecule has 2 N–H and O–H groups in total. The van der Waals surface area contributed by atoms with Gasteiger partial charge in [0.2, 0.25) is 0 Å². The molecule has 0 aliphatic carbocycles. The Morgan fingerprint density at radius 1 is 0.917 bits per heavy atom. The van der Waals surface area contributed by atoms with Crippen LogP contribution >= 0.6 is 0 Å². The Morgan fingerprint density at radius 3 is 2.25 bits per heavy atom. The third-order valence-corrected chi connectivity index (χ3v) is 5.81. The molecule has 2 heteroatoms. The first kappa shape index (κ1) is 16.9. The van der Waals surface area contributed by atoms with E-state index in [-0.39, 0.29) is 6.17 Å². The minimum Gasteiger partial charge on any atom is -0.365 e. The van der Waals surface area contributed by atoms with Crippen LogP contribution in [0.15, 0.2) is 30.3 Å². The van der Waals surface area contributed by atoms with Gasteiger partial charge in [0.05, 0.1) is 6.17 Å². The smallest absolute Gasteiger partial charge is 0.0996 e. The molecule has 128 valence electrons. The topological polar surface area (TPSA) is 24.1 Å². The normalized spacial score (nSPS) is 22.7. The lowest BCUT2D eigenvalue weighted by Crippen LogP contribution is -2.42. The fourth-order valence-corrected chi connectivity index (χ4v) is 3.85. The first-order valence-electron chi connectivity index (χ1n) is 9.12. The molecule has 3 atom stereocenters. The molecule has 2 nitrogen and oxygen atoms in total. The average molecular weight is 322 g/mol. The van der Waals surface area contributed by atoms with Gasteiger partial charge < -0.3 is 10.6 Å². The Kier molecular flexibility index (Phi) is 4.58. The number of rotatable bonds is 3. The van der Waals surface area contributed by atoms with Gasteiger partial charge in [-0.15, -0.1) is 0 Å². The van der Waals surface area contributed by atoms with Crippen LogP contribution in [0.3, 0.4) is 0 Å². The first-order valence-corrected chi connectivity index (χ1v) is 9.12. The maximum Gasteiger partial charge on any atom is 0.0996 e. The molecular formula is C22H30N2. The van der Waals surface area contributed by atoms with E-state index in [1.807, 2.05) is 0 Å². The van der Waals surface area contributed by atoms with Crippen molar-refractivity contribution in [2.24, 2.45) is 5.92 Å². The van der Waals surface area contributed by atoms with Crippen molar-refractivity contribution in [3.63, 3.8) is 0 Å². The predicted molar refractivity (Wildman–Crippen MR) is 105 cm³/mol. The van der Waals surface area contributed by atoms with E-state index >= 15 is 0 Å². The molecule has 24 heavy (non-hydrogen) atoms. The van der Waals surface area contributed by atoms with Crippen LogP contribution in [0.4, 0.5) is 11.4 Å². The van der Waals surface area contributed by atoms with E-state index in [0.717, 1.165) is 0 Å². The molecule has 1 aliphatic rings. The predicted octanol–water partition coefficient (Wildman–Crippen LogP) is 5.91. The molecule has 2 aromatic rings. The van der Waals surface area contributed by atoms with E-state index in [0.29, 0.717) is 11.8 Å². The molecule has 0 fully saturated rings. The second-order valence-electron chi connectivity index (χ2n) is 7.46. The summed E-state index contributed by atoms with van der Waals surface area (Å²) in [6.07, 6.45) is 1.43. The standard InChI is InChI=1S/C22H30N2/c1-7-19-17(6)22(23-18-9-8-13(2)14(3)10-18)24-21-12-16(5)15(4)11-20(19)21/h8-12,17,19,22-24H,7H2,1-6H3/t17-,19+,22-/m1/s1. The zero-order valence-corrected chi connectivity index (χ0v) is 15.8. The number of aryl methyl sites for hydroxylation is 4. The number of hydrogen-bond acceptors (Lipinski definition) is 2. The van der Waals surface area contributed by atoms with E-state index < -0.39 is 0 Å². The van der Waals surface area contributed by atoms with E-state index in [1.165, 1.54) is 45.6 Å². The molecule has 0 saturated heterocycles. The highest BCUT2D eigenvalue weighted by Crippen LogP contribution is 2.41. The third-order valence-electron chi connectivity index (χ3n) is 5.81. The van der Waals surface area contributed by atoms with Crippen LogP contribution < -0.4 is 10.6 Å². The molecule has 0 aromatic heterocycles. The van der Waals surface area contributed by atoms with Gasteiger partial charge >= 0.3 is 0 Å². The molecule has 2 aromatic carbocycles. The fourth-order valence-electron chi connectivity index (χ4n) is 3.85. The molecule has 0 amide bonds. The summed E-state index contributed by atoms with van der Waals surface area (Å²) in [6.45, 7) is 13.4. The van der Waals surface area contributed by atoms with Crippen molar-refractivity contribution >= 4 is 11.4 Å². The number of fused-ring (bicyclic) bond motifs is 1. The quantitative estimate of drug-likeness (QED) is 0.733. The van der Waals surface area contributed by atoms with Gasteiger partial charge in [-0.3, -0.25) is 0 Å². The molecular weight excluding hydrogens is 292 g/mol. The number of nitrogens with one attached hydrogen (secondary N) is 2. The average Bonchev–Trinajstić information content (AvgIpc) is 2.54. The van der Waals surface area contributed by atoms with Crippen LogP contribution in [0.25, 0.3) is 0 Å². The lowest BCUT2D eigenvalue weighted by Gasteiger charge is -2.40. The third kappa shape index (κ3) is 3.02. The molecule has 0 unspecified atom stereocenters. The van der Waals surface area contributed by atoms with Gasteiger partial charge in [0.1, 0.15) is 0 Å². The lowest BCUT2D eigenvalue weighted by atomic mass is 9.78. The molecule has 0 spiro atoms. The van der Waals surface area contributed by atoms with Crippen molar-refractivity contribution < 1.29 is 0 Å². The van der Waals surface area contributed by atoms with Gasteiger partial charge in [0.25, 0.3) is 0 Å². The van der Waals surface area contributed by atoms with Gasteiger partial charge in [-0.05, 0) is 86.1 Å². The summed E-state index contributed by atoms with van der Waals surface area (Å²) in [7, 11) is 0. The summed E-state index contributed by atoms with van der Waals surface area (Å²) >= 11 is 0. The van der Waals surface area contributed by atoms with Crippen LogP contribution in [0.5, 0.6) is 0 Å². The Balaban J connectivity index is 1.92. The molecule has 1 aliphatic heterocycles. The molecule has 0 bridgehead atoms. The van der Waals surface area contributed by atoms with Crippen molar-refractivity contribution in [1.82, 2.24) is 0 Å². The SMILES string of the molecule is CC[C@@H]1c2cc(C)c(C)cc2N[C@@H](Nc2ccc(C)c(C)c2)[C@@H]1C. The molecule has 0 radical (unpaired) electrons. The summed E-state index contributed by atoms with van der Waals surface area (Å²) in [6, 6.07) is 11.3. The molecule has 3 rings (SSSR count). The molecule has 1 heterocycles. The van der Waals surface area contributed by atoms with Crippen molar-refractivity contribution in [3.05, 3.63) is 58.1 Å². The van der Waals surface area contributed by atoms with E-state index in [9.17, 15) is 0 Å². The van der Waals surface area contributed by atoms with Crippen LogP contribution in [0, 0.1) is 33.6 Å². The highest BCUT2D eigenvalue weighted by molar-refractivity contribution is 5.61. The summed E-state index contributed by atoms with van der Waals surface area (Å²) in [5.74, 6) is 1.12. The van der Waals surface area contributed by atoms with E-state index in [4.69, 9.17) is 0 Å². The van der Waals surface area contributed by atoms with E-state index in [2.05, 4.69) is 82.5 Å². The maximum atomic E-state index is 3.75. The number of benzene rings is 2. The Hall–Kier alpha value is -1.96. The lowest BCUT2D eigenvalue weighted by molar-refractivity contribution is 0.395. The Labute approximate surface area is 146 Å². The minimum atomic E-state index is 0.256. The van der Waals surface area contributed by atoms with Gasteiger partial charge in [0.15, 0.2) is 0 Å². The second-order valence-corrected chi connectivity index (χ2v) is 7.46. The Bertz CT molecular complexity index is 748. The van der Waals surface area contributed by atoms with Crippen LogP contribution in [0.1, 0.15) is 54.0 Å². The van der Waals surface area contributed by atoms with Crippen molar-refractivity contribution in [2.45, 2.75) is 60.0 Å². The second kappa shape index (κ2) is 6.51. The van der Waals surface area contributed by atoms with Crippen molar-refractivity contribution in [1.29, 1.82) is 0 Å². The first-order chi connectivity index (χ1) is 11.4. The van der Waals surface area contributed by atoms with Crippen LogP contribution in [-0.2, 0) is 0 Å². The minimum absolute atomic E-state index is 0.256. The highest BCUT2D eigenvalue weighted by Gasteiger charge is 2.32. The summed E-state index contributed by atoms with van der Waals surface area (Å²) in [4.78, 5) is 0. The largest absolute Gasteiger partial charge is 0.365 e. The van der Waals surface area contributed by atoms with Crippen molar-refractivity contribution in [2.75, 3.05) is 10.6 Å². The fraction of sp³-hybridized carbons (Fsp3) is 0.455. The number of anilines is 2. The van der Waals surface area contributed by atoms with Gasteiger partial charge in [-0.25, -0.2) is 0 Å².